The number of barbiturate groups is 1. The van der Waals surface area contributed by atoms with E-state index in [-0.39, 0.29) is 5.57 Å². The van der Waals surface area contributed by atoms with E-state index < -0.39 is 17.8 Å². The Morgan fingerprint density at radius 3 is 2.37 bits per heavy atom. The Morgan fingerprint density at radius 2 is 1.63 bits per heavy atom. The number of rotatable bonds is 6. The van der Waals surface area contributed by atoms with E-state index in [1.54, 1.807) is 24.3 Å². The summed E-state index contributed by atoms with van der Waals surface area (Å²) < 4.78 is 11.4. The number of ether oxygens (including phenoxy) is 2. The number of carbonyl (C=O) groups excluding carboxylic acids is 3. The van der Waals surface area contributed by atoms with Gasteiger partial charge in [0.25, 0.3) is 11.8 Å². The highest BCUT2D eigenvalue weighted by atomic mass is 16.5. The van der Waals surface area contributed by atoms with Crippen molar-refractivity contribution >= 4 is 40.4 Å². The van der Waals surface area contributed by atoms with Gasteiger partial charge in [0.15, 0.2) is 0 Å². The second-order valence-electron chi connectivity index (χ2n) is 9.06. The fraction of sp³-hybridized carbons (Fsp3) is 0.129. The molecule has 4 aromatic rings. The highest BCUT2D eigenvalue weighted by Crippen LogP contribution is 2.32. The summed E-state index contributed by atoms with van der Waals surface area (Å²) in [5.74, 6) is -0.399. The smallest absolute Gasteiger partial charge is 0.335 e. The number of nitrogens with zero attached hydrogens (tertiary/aromatic N) is 1. The maximum atomic E-state index is 13.5. The maximum absolute atomic E-state index is 13.5. The number of hydrogen-bond acceptors (Lipinski definition) is 5. The summed E-state index contributed by atoms with van der Waals surface area (Å²) in [6.07, 6.45) is 1.50. The largest absolute Gasteiger partial charge is 0.497 e. The van der Waals surface area contributed by atoms with Crippen LogP contribution < -0.4 is 19.7 Å². The molecule has 7 heteroatoms. The maximum Gasteiger partial charge on any atom is 0.335 e. The second-order valence-corrected chi connectivity index (χ2v) is 9.06. The molecule has 0 radical (unpaired) electrons. The van der Waals surface area contributed by atoms with Crippen LogP contribution in [0.15, 0.2) is 84.4 Å². The zero-order valence-corrected chi connectivity index (χ0v) is 21.3. The second kappa shape index (κ2) is 10.2. The SMILES string of the molecule is COc1ccc(N2C(=O)NC(=O)/C(=C\c3c(OCc4ccc(C)c(C)c4)ccc4ccccc34)C2=O)cc1. The minimum Gasteiger partial charge on any atom is -0.497 e. The number of amides is 4. The van der Waals surface area contributed by atoms with Crippen molar-refractivity contribution in [1.82, 2.24) is 5.32 Å². The van der Waals surface area contributed by atoms with E-state index in [9.17, 15) is 14.4 Å². The van der Waals surface area contributed by atoms with Crippen LogP contribution in [0.2, 0.25) is 0 Å². The van der Waals surface area contributed by atoms with E-state index in [1.165, 1.54) is 24.3 Å². The molecular formula is C31H26N2O5. The summed E-state index contributed by atoms with van der Waals surface area (Å²) >= 11 is 0. The van der Waals surface area contributed by atoms with Gasteiger partial charge in [0.1, 0.15) is 23.7 Å². The molecule has 5 rings (SSSR count). The van der Waals surface area contributed by atoms with Gasteiger partial charge in [0.05, 0.1) is 12.8 Å². The van der Waals surface area contributed by atoms with Crippen LogP contribution in [0.1, 0.15) is 22.3 Å². The van der Waals surface area contributed by atoms with Crippen LogP contribution >= 0.6 is 0 Å². The van der Waals surface area contributed by atoms with Gasteiger partial charge < -0.3 is 9.47 Å². The van der Waals surface area contributed by atoms with Crippen LogP contribution in [-0.4, -0.2) is 25.0 Å². The predicted molar refractivity (Wildman–Crippen MR) is 146 cm³/mol. The Hall–Kier alpha value is -4.91. The monoisotopic (exact) mass is 506 g/mol. The number of anilines is 1. The molecule has 7 nitrogen and oxygen atoms in total. The first kappa shape index (κ1) is 24.8. The molecule has 0 saturated carbocycles. The van der Waals surface area contributed by atoms with Gasteiger partial charge in [-0.25, -0.2) is 9.69 Å². The molecule has 0 atom stereocenters. The Morgan fingerprint density at radius 1 is 0.868 bits per heavy atom. The zero-order chi connectivity index (χ0) is 26.8. The number of nitrogens with one attached hydrogen (secondary N) is 1. The Bertz CT molecular complexity index is 1600. The Balaban J connectivity index is 1.56. The molecule has 4 aromatic carbocycles. The van der Waals surface area contributed by atoms with Crippen molar-refractivity contribution in [3.05, 3.63) is 107 Å². The molecular weight excluding hydrogens is 480 g/mol. The third-order valence-corrected chi connectivity index (χ3v) is 6.62. The lowest BCUT2D eigenvalue weighted by atomic mass is 9.99. The average molecular weight is 507 g/mol. The van der Waals surface area contributed by atoms with Crippen LogP contribution in [0.4, 0.5) is 10.5 Å². The van der Waals surface area contributed by atoms with Crippen LogP contribution in [-0.2, 0) is 16.2 Å². The lowest BCUT2D eigenvalue weighted by Crippen LogP contribution is -2.54. The van der Waals surface area contributed by atoms with E-state index in [1.807, 2.05) is 55.5 Å². The predicted octanol–water partition coefficient (Wildman–Crippen LogP) is 5.71. The first-order valence-electron chi connectivity index (χ1n) is 12.1. The molecule has 1 saturated heterocycles. The summed E-state index contributed by atoms with van der Waals surface area (Å²) in [5, 5.41) is 4.01. The average Bonchev–Trinajstić information content (AvgIpc) is 2.92. The third kappa shape index (κ3) is 4.74. The van der Waals surface area contributed by atoms with Crippen molar-refractivity contribution in [3.63, 3.8) is 0 Å². The van der Waals surface area contributed by atoms with Crippen molar-refractivity contribution in [2.24, 2.45) is 0 Å². The van der Waals surface area contributed by atoms with E-state index >= 15 is 0 Å². The highest BCUT2D eigenvalue weighted by Gasteiger charge is 2.37. The normalized spacial score (nSPS) is 14.7. The molecule has 0 unspecified atom stereocenters. The number of methoxy groups -OCH3 is 1. The van der Waals surface area contributed by atoms with Gasteiger partial charge in [0, 0.05) is 5.56 Å². The van der Waals surface area contributed by atoms with Gasteiger partial charge >= 0.3 is 6.03 Å². The van der Waals surface area contributed by atoms with Crippen molar-refractivity contribution in [3.8, 4) is 11.5 Å². The topological polar surface area (TPSA) is 84.9 Å². The summed E-state index contributed by atoms with van der Waals surface area (Å²) in [6, 6.07) is 23.2. The Kier molecular flexibility index (Phi) is 6.66. The van der Waals surface area contributed by atoms with Crippen molar-refractivity contribution in [2.45, 2.75) is 20.5 Å². The van der Waals surface area contributed by atoms with Crippen LogP contribution in [0, 0.1) is 13.8 Å². The summed E-state index contributed by atoms with van der Waals surface area (Å²) in [6.45, 7) is 4.42. The van der Waals surface area contributed by atoms with E-state index in [0.29, 0.717) is 29.4 Å². The van der Waals surface area contributed by atoms with Crippen LogP contribution in [0.25, 0.3) is 16.8 Å². The molecule has 0 aliphatic carbocycles. The quantitative estimate of drug-likeness (QED) is 0.267. The molecule has 0 aromatic heterocycles. The summed E-state index contributed by atoms with van der Waals surface area (Å²) in [4.78, 5) is 40.0. The molecule has 1 fully saturated rings. The molecule has 1 N–H and O–H groups in total. The van der Waals surface area contributed by atoms with E-state index in [4.69, 9.17) is 9.47 Å². The van der Waals surface area contributed by atoms with Gasteiger partial charge in [0.2, 0.25) is 0 Å². The molecule has 4 amide bonds. The first-order chi connectivity index (χ1) is 18.4. The van der Waals surface area contributed by atoms with E-state index in [2.05, 4.69) is 18.3 Å². The van der Waals surface area contributed by atoms with Crippen LogP contribution in [0.5, 0.6) is 11.5 Å². The minimum atomic E-state index is -0.813. The standard InChI is InChI=1S/C31H26N2O5/c1-19-8-9-21(16-20(19)2)18-38-28-15-10-22-6-4-5-7-25(22)26(28)17-27-29(34)32-31(36)33(30(27)35)23-11-13-24(37-3)14-12-23/h4-17H,18H2,1-3H3,(H,32,34,36)/b27-17+. The van der Waals surface area contributed by atoms with Gasteiger partial charge in [-0.3, -0.25) is 14.9 Å². The highest BCUT2D eigenvalue weighted by molar-refractivity contribution is 6.39. The molecule has 1 heterocycles. The Labute approximate surface area is 220 Å². The lowest BCUT2D eigenvalue weighted by molar-refractivity contribution is -0.122. The fourth-order valence-corrected chi connectivity index (χ4v) is 4.37. The number of carbonyl (C=O) groups is 3. The van der Waals surface area contributed by atoms with Crippen LogP contribution in [0.3, 0.4) is 0 Å². The molecule has 1 aliphatic rings. The van der Waals surface area contributed by atoms with Crippen molar-refractivity contribution in [2.75, 3.05) is 12.0 Å². The van der Waals surface area contributed by atoms with Gasteiger partial charge in [-0.2, -0.15) is 0 Å². The fourth-order valence-electron chi connectivity index (χ4n) is 4.37. The number of fused-ring (bicyclic) bond motifs is 1. The molecule has 0 spiro atoms. The van der Waals surface area contributed by atoms with E-state index in [0.717, 1.165) is 21.2 Å². The van der Waals surface area contributed by atoms with Gasteiger partial charge in [-0.05, 0) is 77.7 Å². The third-order valence-electron chi connectivity index (χ3n) is 6.62. The first-order valence-corrected chi connectivity index (χ1v) is 12.1. The molecule has 1 aliphatic heterocycles. The summed E-state index contributed by atoms with van der Waals surface area (Å²) in [7, 11) is 1.52. The number of hydrogen-bond donors (Lipinski definition) is 1. The number of aryl methyl sites for hydroxylation is 2. The summed E-state index contributed by atoms with van der Waals surface area (Å²) in [5.41, 5.74) is 4.09. The van der Waals surface area contributed by atoms with Gasteiger partial charge in [-0.15, -0.1) is 0 Å². The molecule has 38 heavy (non-hydrogen) atoms. The number of benzene rings is 4. The zero-order valence-electron chi connectivity index (χ0n) is 21.3. The van der Waals surface area contributed by atoms with Crippen molar-refractivity contribution < 1.29 is 23.9 Å². The number of urea groups is 1. The van der Waals surface area contributed by atoms with Gasteiger partial charge in [-0.1, -0.05) is 48.5 Å². The minimum absolute atomic E-state index is 0.173. The lowest BCUT2D eigenvalue weighted by Gasteiger charge is -2.26. The van der Waals surface area contributed by atoms with Crippen molar-refractivity contribution in [1.29, 1.82) is 0 Å². The number of imide groups is 2. The molecule has 0 bridgehead atoms. The molecule has 190 valence electrons.